The fourth-order valence-corrected chi connectivity index (χ4v) is 1.56. The van der Waals surface area contributed by atoms with Crippen molar-refractivity contribution in [3.8, 4) is 0 Å². The molecule has 0 aromatic heterocycles. The van der Waals surface area contributed by atoms with Gasteiger partial charge in [0.1, 0.15) is 0 Å². The number of likely N-dealkylation sites (N-methyl/N-ethyl adjacent to an activating group) is 2. The Morgan fingerprint density at radius 3 is 2.47 bits per heavy atom. The first kappa shape index (κ1) is 12.0. The highest BCUT2D eigenvalue weighted by Crippen LogP contribution is 2.12. The Balaban J connectivity index is 2.64. The van der Waals surface area contributed by atoms with Crippen LogP contribution in [0.1, 0.15) is 6.92 Å². The van der Waals surface area contributed by atoms with Gasteiger partial charge in [0.15, 0.2) is 0 Å². The van der Waals surface area contributed by atoms with E-state index in [-0.39, 0.29) is 12.6 Å². The summed E-state index contributed by atoms with van der Waals surface area (Å²) < 4.78 is 0. The first-order chi connectivity index (χ1) is 7.31. The fraction of sp³-hybridized carbons (Fsp3) is 0.500. The summed E-state index contributed by atoms with van der Waals surface area (Å²) in [7, 11) is 1.87. The Labute approximate surface area is 91.7 Å². The Bertz CT molecular complexity index is 260. The lowest BCUT2D eigenvalue weighted by molar-refractivity contribution is 0.250. The average molecular weight is 208 g/mol. The lowest BCUT2D eigenvalue weighted by atomic mass is 10.2. The Kier molecular flexibility index (Phi) is 5.15. The van der Waals surface area contributed by atoms with Gasteiger partial charge < -0.3 is 15.3 Å². The normalized spacial score (nSPS) is 12.5. The van der Waals surface area contributed by atoms with E-state index in [1.54, 1.807) is 0 Å². The molecule has 1 atom stereocenters. The van der Waals surface area contributed by atoms with Gasteiger partial charge in [0.25, 0.3) is 0 Å². The first-order valence-corrected chi connectivity index (χ1v) is 5.40. The van der Waals surface area contributed by atoms with Crippen molar-refractivity contribution >= 4 is 5.69 Å². The second kappa shape index (κ2) is 6.43. The smallest absolute Gasteiger partial charge is 0.0601 e. The maximum Gasteiger partial charge on any atom is 0.0601 e. The van der Waals surface area contributed by atoms with Gasteiger partial charge >= 0.3 is 0 Å². The van der Waals surface area contributed by atoms with Crippen LogP contribution in [0.3, 0.4) is 0 Å². The topological polar surface area (TPSA) is 35.5 Å². The van der Waals surface area contributed by atoms with Crippen LogP contribution in [0.4, 0.5) is 5.69 Å². The van der Waals surface area contributed by atoms with E-state index in [0.717, 1.165) is 13.1 Å². The summed E-state index contributed by atoms with van der Waals surface area (Å²) in [5.74, 6) is 0. The number of aliphatic hydroxyl groups excluding tert-OH is 1. The summed E-state index contributed by atoms with van der Waals surface area (Å²) >= 11 is 0. The van der Waals surface area contributed by atoms with Crippen LogP contribution in [0.15, 0.2) is 30.3 Å². The minimum atomic E-state index is 0.130. The van der Waals surface area contributed by atoms with E-state index in [0.29, 0.717) is 0 Å². The molecule has 84 valence electrons. The zero-order valence-electron chi connectivity index (χ0n) is 9.48. The molecule has 0 amide bonds. The highest BCUT2D eigenvalue weighted by Gasteiger charge is 2.10. The van der Waals surface area contributed by atoms with Crippen molar-refractivity contribution in [2.75, 3.05) is 31.6 Å². The van der Waals surface area contributed by atoms with Crippen molar-refractivity contribution in [3.05, 3.63) is 30.3 Å². The Morgan fingerprint density at radius 2 is 2.00 bits per heavy atom. The minimum absolute atomic E-state index is 0.130. The predicted molar refractivity (Wildman–Crippen MR) is 64.3 cm³/mol. The van der Waals surface area contributed by atoms with Gasteiger partial charge in [0.05, 0.1) is 6.61 Å². The number of benzene rings is 1. The molecule has 0 fully saturated rings. The molecule has 0 unspecified atom stereocenters. The summed E-state index contributed by atoms with van der Waals surface area (Å²) in [4.78, 5) is 2.25. The summed E-state index contributed by atoms with van der Waals surface area (Å²) in [6.45, 7) is 4.06. The van der Waals surface area contributed by atoms with Crippen LogP contribution in [0.25, 0.3) is 0 Å². The van der Waals surface area contributed by atoms with Crippen molar-refractivity contribution in [1.29, 1.82) is 0 Å². The monoisotopic (exact) mass is 208 g/mol. The van der Waals surface area contributed by atoms with E-state index >= 15 is 0 Å². The third kappa shape index (κ3) is 3.53. The molecule has 0 spiro atoms. The van der Waals surface area contributed by atoms with Crippen molar-refractivity contribution < 1.29 is 5.11 Å². The van der Waals surface area contributed by atoms with E-state index in [1.165, 1.54) is 5.69 Å². The van der Waals surface area contributed by atoms with Crippen LogP contribution in [-0.4, -0.2) is 37.9 Å². The molecule has 1 aromatic carbocycles. The number of rotatable bonds is 6. The van der Waals surface area contributed by atoms with Crippen molar-refractivity contribution in [3.63, 3.8) is 0 Å². The van der Waals surface area contributed by atoms with Gasteiger partial charge in [-0.05, 0) is 26.1 Å². The molecule has 0 aliphatic carbocycles. The quantitative estimate of drug-likeness (QED) is 0.734. The van der Waals surface area contributed by atoms with E-state index in [1.807, 2.05) is 25.2 Å². The Morgan fingerprint density at radius 1 is 1.33 bits per heavy atom. The summed E-state index contributed by atoms with van der Waals surface area (Å²) in [6.07, 6.45) is 0. The molecule has 1 aromatic rings. The molecule has 15 heavy (non-hydrogen) atoms. The molecular weight excluding hydrogens is 188 g/mol. The summed E-state index contributed by atoms with van der Waals surface area (Å²) in [5, 5.41) is 12.2. The van der Waals surface area contributed by atoms with Gasteiger partial charge in [0.2, 0.25) is 0 Å². The first-order valence-electron chi connectivity index (χ1n) is 5.40. The van der Waals surface area contributed by atoms with Crippen molar-refractivity contribution in [2.45, 2.75) is 13.0 Å². The van der Waals surface area contributed by atoms with Crippen LogP contribution in [0, 0.1) is 0 Å². The van der Waals surface area contributed by atoms with Gasteiger partial charge in [-0.3, -0.25) is 0 Å². The van der Waals surface area contributed by atoms with Crippen LogP contribution in [0.5, 0.6) is 0 Å². The number of hydrogen-bond acceptors (Lipinski definition) is 3. The molecule has 0 saturated heterocycles. The highest BCUT2D eigenvalue weighted by atomic mass is 16.3. The lowest BCUT2D eigenvalue weighted by Gasteiger charge is -2.27. The maximum absolute atomic E-state index is 9.13. The molecule has 0 heterocycles. The second-order valence-electron chi connectivity index (χ2n) is 3.54. The van der Waals surface area contributed by atoms with Gasteiger partial charge in [-0.1, -0.05) is 18.2 Å². The molecule has 3 heteroatoms. The van der Waals surface area contributed by atoms with Crippen LogP contribution in [0.2, 0.25) is 0 Å². The number of nitrogens with zero attached hydrogens (tertiary/aromatic N) is 1. The third-order valence-corrected chi connectivity index (χ3v) is 2.57. The molecular formula is C12H20N2O. The van der Waals surface area contributed by atoms with Crippen molar-refractivity contribution in [1.82, 2.24) is 5.32 Å². The zero-order chi connectivity index (χ0) is 11.1. The molecule has 1 rings (SSSR count). The standard InChI is InChI=1S/C12H20N2O/c1-3-14(9-11(10-15)13-2)12-7-5-4-6-8-12/h4-8,11,13,15H,3,9-10H2,1-2H3/t11-/m0/s1. The molecule has 0 saturated carbocycles. The van der Waals surface area contributed by atoms with Gasteiger partial charge in [-0.2, -0.15) is 0 Å². The molecule has 3 nitrogen and oxygen atoms in total. The van der Waals surface area contributed by atoms with E-state index in [2.05, 4.69) is 29.3 Å². The van der Waals surface area contributed by atoms with E-state index in [4.69, 9.17) is 5.11 Å². The SMILES string of the molecule is CCN(C[C@@H](CO)NC)c1ccccc1. The van der Waals surface area contributed by atoms with Gasteiger partial charge in [-0.15, -0.1) is 0 Å². The fourth-order valence-electron chi connectivity index (χ4n) is 1.56. The zero-order valence-corrected chi connectivity index (χ0v) is 9.48. The van der Waals surface area contributed by atoms with E-state index < -0.39 is 0 Å². The molecule has 0 radical (unpaired) electrons. The summed E-state index contributed by atoms with van der Waals surface area (Å²) in [5.41, 5.74) is 1.20. The molecule has 0 bridgehead atoms. The van der Waals surface area contributed by atoms with E-state index in [9.17, 15) is 0 Å². The number of para-hydroxylation sites is 1. The van der Waals surface area contributed by atoms with Crippen LogP contribution < -0.4 is 10.2 Å². The number of hydrogen-bond donors (Lipinski definition) is 2. The molecule has 0 aliphatic heterocycles. The average Bonchev–Trinajstić information content (AvgIpc) is 2.32. The Hall–Kier alpha value is -1.06. The highest BCUT2D eigenvalue weighted by molar-refractivity contribution is 5.45. The van der Waals surface area contributed by atoms with Gasteiger partial charge in [-0.25, -0.2) is 0 Å². The minimum Gasteiger partial charge on any atom is -0.395 e. The van der Waals surface area contributed by atoms with Crippen molar-refractivity contribution in [2.24, 2.45) is 0 Å². The predicted octanol–water partition coefficient (Wildman–Crippen LogP) is 1.09. The number of nitrogens with one attached hydrogen (secondary N) is 1. The molecule has 0 aliphatic rings. The second-order valence-corrected chi connectivity index (χ2v) is 3.54. The molecule has 2 N–H and O–H groups in total. The largest absolute Gasteiger partial charge is 0.395 e. The summed E-state index contributed by atoms with van der Waals surface area (Å²) in [6, 6.07) is 10.4. The number of anilines is 1. The number of aliphatic hydroxyl groups is 1. The third-order valence-electron chi connectivity index (χ3n) is 2.57. The lowest BCUT2D eigenvalue weighted by Crippen LogP contribution is -2.41. The maximum atomic E-state index is 9.13. The van der Waals surface area contributed by atoms with Crippen LogP contribution in [-0.2, 0) is 0 Å². The van der Waals surface area contributed by atoms with Gasteiger partial charge in [0, 0.05) is 24.8 Å². The van der Waals surface area contributed by atoms with Crippen LogP contribution >= 0.6 is 0 Å².